The van der Waals surface area contributed by atoms with Gasteiger partial charge < -0.3 is 5.32 Å². The summed E-state index contributed by atoms with van der Waals surface area (Å²) in [5.41, 5.74) is 1.87. The fraction of sp³-hybridized carbons (Fsp3) is 0.250. The molecule has 2 rings (SSSR count). The van der Waals surface area contributed by atoms with Crippen LogP contribution < -0.4 is 5.32 Å². The van der Waals surface area contributed by atoms with Crippen LogP contribution in [-0.2, 0) is 4.79 Å². The van der Waals surface area contributed by atoms with Crippen LogP contribution >= 0.6 is 27.7 Å². The van der Waals surface area contributed by atoms with E-state index in [1.54, 1.807) is 0 Å². The summed E-state index contributed by atoms with van der Waals surface area (Å²) in [7, 11) is 0. The van der Waals surface area contributed by atoms with Crippen LogP contribution in [0.2, 0.25) is 0 Å². The first-order chi connectivity index (χ1) is 9.04. The van der Waals surface area contributed by atoms with Crippen molar-refractivity contribution in [1.29, 1.82) is 0 Å². The fourth-order valence-electron chi connectivity index (χ4n) is 1.44. The summed E-state index contributed by atoms with van der Waals surface area (Å²) in [6.45, 7) is 3.80. The minimum atomic E-state index is -0.0748. The third-order valence-corrected chi connectivity index (χ3v) is 4.09. The molecule has 0 aliphatic rings. The molecule has 100 valence electrons. The van der Waals surface area contributed by atoms with Crippen molar-refractivity contribution in [2.45, 2.75) is 19.0 Å². The lowest BCUT2D eigenvalue weighted by molar-refractivity contribution is -0.113. The highest BCUT2D eigenvalue weighted by molar-refractivity contribution is 9.10. The third-order valence-electron chi connectivity index (χ3n) is 2.35. The van der Waals surface area contributed by atoms with Crippen molar-refractivity contribution in [3.05, 3.63) is 34.1 Å². The van der Waals surface area contributed by atoms with E-state index >= 15 is 0 Å². The Kier molecular flexibility index (Phi) is 4.60. The van der Waals surface area contributed by atoms with Crippen LogP contribution in [0.1, 0.15) is 11.4 Å². The van der Waals surface area contributed by atoms with Gasteiger partial charge in [0.1, 0.15) is 5.82 Å². The predicted octanol–water partition coefficient (Wildman–Crippen LogP) is 2.91. The average Bonchev–Trinajstić information content (AvgIpc) is 2.77. The zero-order valence-electron chi connectivity index (χ0n) is 10.5. The second-order valence-corrected chi connectivity index (χ2v) is 5.80. The van der Waals surface area contributed by atoms with E-state index in [4.69, 9.17) is 0 Å². The van der Waals surface area contributed by atoms with E-state index in [1.165, 1.54) is 11.8 Å². The van der Waals surface area contributed by atoms with Crippen LogP contribution in [0, 0.1) is 13.8 Å². The van der Waals surface area contributed by atoms with Gasteiger partial charge >= 0.3 is 0 Å². The number of halogens is 1. The van der Waals surface area contributed by atoms with Gasteiger partial charge in [0, 0.05) is 10.2 Å². The van der Waals surface area contributed by atoms with Gasteiger partial charge in [-0.2, -0.15) is 0 Å². The SMILES string of the molecule is Cc1nc(SCC(=O)Nc2ccc(Br)c(C)c2)n[nH]1. The molecule has 19 heavy (non-hydrogen) atoms. The summed E-state index contributed by atoms with van der Waals surface area (Å²) >= 11 is 4.72. The maximum atomic E-state index is 11.8. The largest absolute Gasteiger partial charge is 0.325 e. The maximum Gasteiger partial charge on any atom is 0.234 e. The lowest BCUT2D eigenvalue weighted by Crippen LogP contribution is -2.14. The van der Waals surface area contributed by atoms with Crippen molar-refractivity contribution >= 4 is 39.3 Å². The van der Waals surface area contributed by atoms with Crippen molar-refractivity contribution in [2.75, 3.05) is 11.1 Å². The molecule has 0 aliphatic carbocycles. The van der Waals surface area contributed by atoms with E-state index in [0.29, 0.717) is 5.16 Å². The molecule has 5 nitrogen and oxygen atoms in total. The van der Waals surface area contributed by atoms with Gasteiger partial charge in [-0.25, -0.2) is 4.98 Å². The first-order valence-corrected chi connectivity index (χ1v) is 7.40. The second-order valence-electron chi connectivity index (χ2n) is 4.00. The Bertz CT molecular complexity index is 599. The van der Waals surface area contributed by atoms with E-state index in [9.17, 15) is 4.79 Å². The van der Waals surface area contributed by atoms with Crippen molar-refractivity contribution in [3.63, 3.8) is 0 Å². The Morgan fingerprint density at radius 2 is 2.26 bits per heavy atom. The third kappa shape index (κ3) is 4.07. The van der Waals surface area contributed by atoms with Crippen molar-refractivity contribution in [1.82, 2.24) is 15.2 Å². The molecule has 0 bridgehead atoms. The van der Waals surface area contributed by atoms with Gasteiger partial charge in [0.05, 0.1) is 5.75 Å². The number of carbonyl (C=O) groups excluding carboxylic acids is 1. The van der Waals surface area contributed by atoms with Crippen LogP contribution in [0.15, 0.2) is 27.8 Å². The molecule has 1 aromatic carbocycles. The number of thioether (sulfide) groups is 1. The van der Waals surface area contributed by atoms with Crippen LogP contribution in [0.4, 0.5) is 5.69 Å². The Hall–Kier alpha value is -1.34. The van der Waals surface area contributed by atoms with Gasteiger partial charge in [-0.3, -0.25) is 9.89 Å². The van der Waals surface area contributed by atoms with E-state index in [2.05, 4.69) is 36.4 Å². The highest BCUT2D eigenvalue weighted by Gasteiger charge is 2.07. The summed E-state index contributed by atoms with van der Waals surface area (Å²) in [4.78, 5) is 15.9. The first-order valence-electron chi connectivity index (χ1n) is 5.62. The van der Waals surface area contributed by atoms with Crippen molar-refractivity contribution in [2.24, 2.45) is 0 Å². The molecule has 0 saturated carbocycles. The van der Waals surface area contributed by atoms with Crippen LogP contribution in [0.3, 0.4) is 0 Å². The highest BCUT2D eigenvalue weighted by atomic mass is 79.9. The number of aromatic nitrogens is 3. The van der Waals surface area contributed by atoms with Crippen LogP contribution in [0.5, 0.6) is 0 Å². The minimum absolute atomic E-state index is 0.0748. The monoisotopic (exact) mass is 340 g/mol. The summed E-state index contributed by atoms with van der Waals surface area (Å²) in [6, 6.07) is 5.69. The molecule has 0 aliphatic heterocycles. The first kappa shape index (κ1) is 14.1. The molecule has 7 heteroatoms. The lowest BCUT2D eigenvalue weighted by Gasteiger charge is -2.06. The number of hydrogen-bond acceptors (Lipinski definition) is 4. The number of nitrogens with one attached hydrogen (secondary N) is 2. The molecule has 0 unspecified atom stereocenters. The van der Waals surface area contributed by atoms with Crippen LogP contribution in [0.25, 0.3) is 0 Å². The molecule has 2 aromatic rings. The number of amides is 1. The van der Waals surface area contributed by atoms with Gasteiger partial charge in [-0.15, -0.1) is 5.10 Å². The van der Waals surface area contributed by atoms with Gasteiger partial charge in [-0.05, 0) is 37.6 Å². The normalized spacial score (nSPS) is 10.5. The molecular formula is C12H13BrN4OS. The molecule has 1 amide bonds. The molecule has 1 heterocycles. The molecule has 2 N–H and O–H groups in total. The zero-order chi connectivity index (χ0) is 13.8. The Balaban J connectivity index is 1.88. The quantitative estimate of drug-likeness (QED) is 0.839. The molecular weight excluding hydrogens is 328 g/mol. The van der Waals surface area contributed by atoms with E-state index in [-0.39, 0.29) is 11.7 Å². The minimum Gasteiger partial charge on any atom is -0.325 e. The number of anilines is 1. The molecule has 1 aromatic heterocycles. The lowest BCUT2D eigenvalue weighted by atomic mass is 10.2. The standard InChI is InChI=1S/C12H13BrN4OS/c1-7-5-9(3-4-10(7)13)15-11(18)6-19-12-14-8(2)16-17-12/h3-5H,6H2,1-2H3,(H,15,18)(H,14,16,17). The Morgan fingerprint density at radius 1 is 1.47 bits per heavy atom. The number of carbonyl (C=O) groups is 1. The topological polar surface area (TPSA) is 70.7 Å². The van der Waals surface area contributed by atoms with Crippen molar-refractivity contribution < 1.29 is 4.79 Å². The maximum absolute atomic E-state index is 11.8. The molecule has 0 spiro atoms. The van der Waals surface area contributed by atoms with Gasteiger partial charge in [0.2, 0.25) is 11.1 Å². The van der Waals surface area contributed by atoms with E-state index in [0.717, 1.165) is 21.5 Å². The van der Waals surface area contributed by atoms with Crippen molar-refractivity contribution in [3.8, 4) is 0 Å². The van der Waals surface area contributed by atoms with E-state index < -0.39 is 0 Å². The zero-order valence-corrected chi connectivity index (χ0v) is 12.9. The highest BCUT2D eigenvalue weighted by Crippen LogP contribution is 2.20. The van der Waals surface area contributed by atoms with E-state index in [1.807, 2.05) is 32.0 Å². The Morgan fingerprint density at radius 3 is 2.89 bits per heavy atom. The van der Waals surface area contributed by atoms with Gasteiger partial charge in [0.15, 0.2) is 0 Å². The number of H-pyrrole nitrogens is 1. The molecule has 0 atom stereocenters. The second kappa shape index (κ2) is 6.21. The summed E-state index contributed by atoms with van der Waals surface area (Å²) in [5.74, 6) is 0.951. The smallest absolute Gasteiger partial charge is 0.234 e. The predicted molar refractivity (Wildman–Crippen MR) is 79.4 cm³/mol. The number of benzene rings is 1. The number of rotatable bonds is 4. The molecule has 0 fully saturated rings. The Labute approximate surface area is 123 Å². The number of hydrogen-bond donors (Lipinski definition) is 2. The summed E-state index contributed by atoms with van der Waals surface area (Å²) in [5, 5.41) is 10.1. The summed E-state index contributed by atoms with van der Waals surface area (Å²) in [6.07, 6.45) is 0. The number of nitrogens with zero attached hydrogens (tertiary/aromatic N) is 2. The van der Waals surface area contributed by atoms with Gasteiger partial charge in [-0.1, -0.05) is 27.7 Å². The summed E-state index contributed by atoms with van der Waals surface area (Å²) < 4.78 is 1.02. The number of aromatic amines is 1. The fourth-order valence-corrected chi connectivity index (χ4v) is 2.33. The van der Waals surface area contributed by atoms with Gasteiger partial charge in [0.25, 0.3) is 0 Å². The molecule has 0 saturated heterocycles. The average molecular weight is 341 g/mol. The number of aryl methyl sites for hydroxylation is 2. The van der Waals surface area contributed by atoms with Crippen LogP contribution in [-0.4, -0.2) is 26.8 Å². The molecule has 0 radical (unpaired) electrons.